The monoisotopic (exact) mass is 454 g/mol. The van der Waals surface area contributed by atoms with Gasteiger partial charge in [-0.1, -0.05) is 18.2 Å². The highest BCUT2D eigenvalue weighted by Gasteiger charge is 2.20. The van der Waals surface area contributed by atoms with Gasteiger partial charge < -0.3 is 29.9 Å². The van der Waals surface area contributed by atoms with Crippen molar-refractivity contribution in [1.82, 2.24) is 15.1 Å². The number of carbonyl (C=O) groups excluding carboxylic acids is 1. The number of hydrogen-bond donors (Lipinski definition) is 4. The summed E-state index contributed by atoms with van der Waals surface area (Å²) in [7, 11) is 1.53. The number of ether oxygens (including phenoxy) is 2. The molecule has 2 amide bonds. The number of benzene rings is 2. The van der Waals surface area contributed by atoms with Gasteiger partial charge in [-0.15, -0.1) is 0 Å². The van der Waals surface area contributed by atoms with Crippen molar-refractivity contribution in [2.75, 3.05) is 32.2 Å². The molecule has 0 bridgehead atoms. The van der Waals surface area contributed by atoms with E-state index in [1.54, 1.807) is 54.9 Å². The molecule has 0 fully saturated rings. The number of urea groups is 1. The molecule has 10 nitrogen and oxygen atoms in total. The van der Waals surface area contributed by atoms with Crippen molar-refractivity contribution in [3.8, 4) is 22.6 Å². The van der Waals surface area contributed by atoms with Crippen LogP contribution in [0.3, 0.4) is 0 Å². The molecule has 0 aliphatic carbocycles. The molecule has 0 unspecified atom stereocenters. The molecule has 33 heavy (non-hydrogen) atoms. The highest BCUT2D eigenvalue weighted by atomic mass is 16.5. The molecular weight excluding hydrogens is 428 g/mol. The Hall–Kier alpha value is -4.05. The van der Waals surface area contributed by atoms with Crippen molar-refractivity contribution in [1.29, 1.82) is 0 Å². The molecule has 4 N–H and O–H groups in total. The Balaban J connectivity index is 1.82. The summed E-state index contributed by atoms with van der Waals surface area (Å²) in [5, 5.41) is 27.8. The molecule has 0 aliphatic heterocycles. The summed E-state index contributed by atoms with van der Waals surface area (Å²) >= 11 is 0. The zero-order valence-electron chi connectivity index (χ0n) is 18.2. The summed E-state index contributed by atoms with van der Waals surface area (Å²) in [6, 6.07) is 11.7. The van der Waals surface area contributed by atoms with E-state index in [9.17, 15) is 14.7 Å². The lowest BCUT2D eigenvalue weighted by Gasteiger charge is -2.22. The topological polar surface area (TPSA) is 137 Å². The molecule has 2 aromatic carbocycles. The number of nitrogens with one attached hydrogen (secondary N) is 2. The molecule has 10 heteroatoms. The summed E-state index contributed by atoms with van der Waals surface area (Å²) < 4.78 is 11.0. The fourth-order valence-corrected chi connectivity index (χ4v) is 3.13. The number of rotatable bonds is 11. The van der Waals surface area contributed by atoms with E-state index in [1.807, 2.05) is 0 Å². The number of aromatic nitrogens is 2. The summed E-state index contributed by atoms with van der Waals surface area (Å²) in [4.78, 5) is 25.6. The lowest BCUT2D eigenvalue weighted by atomic mass is 10.1. The number of H-pyrrole nitrogens is 1. The van der Waals surface area contributed by atoms with Crippen molar-refractivity contribution in [3.05, 3.63) is 60.4 Å². The lowest BCUT2D eigenvalue weighted by Crippen LogP contribution is -2.38. The van der Waals surface area contributed by atoms with Gasteiger partial charge in [0.1, 0.15) is 18.0 Å². The van der Waals surface area contributed by atoms with Crippen LogP contribution in [0.15, 0.2) is 54.9 Å². The zero-order chi connectivity index (χ0) is 23.6. The van der Waals surface area contributed by atoms with E-state index >= 15 is 0 Å². The van der Waals surface area contributed by atoms with Crippen molar-refractivity contribution >= 4 is 17.7 Å². The maximum absolute atomic E-state index is 13.0. The Morgan fingerprint density at radius 3 is 2.73 bits per heavy atom. The van der Waals surface area contributed by atoms with Crippen LogP contribution in [0.25, 0.3) is 11.1 Å². The minimum Gasteiger partial charge on any atom is -0.497 e. The van der Waals surface area contributed by atoms with Crippen molar-refractivity contribution in [2.24, 2.45) is 0 Å². The van der Waals surface area contributed by atoms with Gasteiger partial charge in [-0.2, -0.15) is 5.10 Å². The van der Waals surface area contributed by atoms with Gasteiger partial charge in [-0.05, 0) is 35.4 Å². The van der Waals surface area contributed by atoms with Gasteiger partial charge in [0, 0.05) is 31.3 Å². The second-order valence-electron chi connectivity index (χ2n) is 7.16. The second kappa shape index (κ2) is 11.5. The smallest absolute Gasteiger partial charge is 0.323 e. The number of aliphatic carboxylic acids is 1. The van der Waals surface area contributed by atoms with E-state index in [0.29, 0.717) is 23.6 Å². The van der Waals surface area contributed by atoms with E-state index in [4.69, 9.17) is 14.6 Å². The molecule has 1 aromatic heterocycles. The van der Waals surface area contributed by atoms with Crippen LogP contribution in [0.4, 0.5) is 10.5 Å². The standard InChI is InChI=1S/C23H26N4O6/c1-32-19-5-2-4-16(10-19)14-27(15-22(29)30)23(31)26-20-7-6-17(18-12-24-25-13-18)11-21(20)33-9-3-8-28/h2,4-7,10-13,28H,3,8-9,14-15H2,1H3,(H,24,25)(H,26,31)(H,29,30). The van der Waals surface area contributed by atoms with E-state index < -0.39 is 18.5 Å². The third-order valence-electron chi connectivity index (χ3n) is 4.74. The number of aliphatic hydroxyl groups excluding tert-OH is 1. The molecule has 0 saturated heterocycles. The number of carboxylic acid groups (broad SMARTS) is 1. The molecule has 0 aliphatic rings. The van der Waals surface area contributed by atoms with Gasteiger partial charge in [0.25, 0.3) is 0 Å². The van der Waals surface area contributed by atoms with Crippen molar-refractivity contribution < 1.29 is 29.3 Å². The minimum absolute atomic E-state index is 0.0317. The Kier molecular flexibility index (Phi) is 8.25. The number of nitrogens with zero attached hydrogens (tertiary/aromatic N) is 2. The molecule has 0 atom stereocenters. The first-order valence-corrected chi connectivity index (χ1v) is 10.3. The third-order valence-corrected chi connectivity index (χ3v) is 4.74. The fourth-order valence-electron chi connectivity index (χ4n) is 3.13. The number of amides is 2. The van der Waals surface area contributed by atoms with E-state index in [-0.39, 0.29) is 19.8 Å². The van der Waals surface area contributed by atoms with Crippen LogP contribution in [0, 0.1) is 0 Å². The predicted octanol–water partition coefficient (Wildman–Crippen LogP) is 2.97. The number of methoxy groups -OCH3 is 1. The Morgan fingerprint density at radius 2 is 2.03 bits per heavy atom. The summed E-state index contributed by atoms with van der Waals surface area (Å²) in [5.41, 5.74) is 2.76. The number of hydrogen-bond acceptors (Lipinski definition) is 6. The van der Waals surface area contributed by atoms with Crippen LogP contribution in [-0.4, -0.2) is 64.2 Å². The molecular formula is C23H26N4O6. The molecule has 0 radical (unpaired) electrons. The summed E-state index contributed by atoms with van der Waals surface area (Å²) in [6.45, 7) is -0.201. The highest BCUT2D eigenvalue weighted by Crippen LogP contribution is 2.31. The average Bonchev–Trinajstić information content (AvgIpc) is 3.34. The normalized spacial score (nSPS) is 10.5. The van der Waals surface area contributed by atoms with E-state index in [0.717, 1.165) is 16.7 Å². The molecule has 0 spiro atoms. The molecule has 3 rings (SSSR count). The molecule has 174 valence electrons. The van der Waals surface area contributed by atoms with Gasteiger partial charge in [0.2, 0.25) is 0 Å². The van der Waals surface area contributed by atoms with Gasteiger partial charge in [-0.25, -0.2) is 4.79 Å². The zero-order valence-corrected chi connectivity index (χ0v) is 18.2. The second-order valence-corrected chi connectivity index (χ2v) is 7.16. The quantitative estimate of drug-likeness (QED) is 0.327. The number of aromatic amines is 1. The lowest BCUT2D eigenvalue weighted by molar-refractivity contribution is -0.137. The number of aliphatic hydroxyl groups is 1. The number of carboxylic acids is 1. The summed E-state index contributed by atoms with van der Waals surface area (Å²) in [6.07, 6.45) is 3.81. The largest absolute Gasteiger partial charge is 0.497 e. The third kappa shape index (κ3) is 6.71. The van der Waals surface area contributed by atoms with Crippen molar-refractivity contribution in [2.45, 2.75) is 13.0 Å². The fraction of sp³-hybridized carbons (Fsp3) is 0.261. The highest BCUT2D eigenvalue weighted by molar-refractivity contribution is 5.93. The maximum atomic E-state index is 13.0. The Labute approximate surface area is 190 Å². The average molecular weight is 454 g/mol. The summed E-state index contributed by atoms with van der Waals surface area (Å²) in [5.74, 6) is -0.132. The van der Waals surface area contributed by atoms with Crippen LogP contribution < -0.4 is 14.8 Å². The van der Waals surface area contributed by atoms with Crippen LogP contribution in [0.5, 0.6) is 11.5 Å². The minimum atomic E-state index is -1.14. The molecule has 3 aromatic rings. The van der Waals surface area contributed by atoms with Crippen molar-refractivity contribution in [3.63, 3.8) is 0 Å². The predicted molar refractivity (Wildman–Crippen MR) is 121 cm³/mol. The number of carbonyl (C=O) groups is 2. The first-order valence-electron chi connectivity index (χ1n) is 10.3. The SMILES string of the molecule is COc1cccc(CN(CC(=O)O)C(=O)Nc2ccc(-c3cn[nH]c3)cc2OCCCO)c1. The van der Waals surface area contributed by atoms with Crippen LogP contribution in [0.1, 0.15) is 12.0 Å². The Bertz CT molecular complexity index is 1070. The first-order chi connectivity index (χ1) is 16.0. The van der Waals surface area contributed by atoms with E-state index in [2.05, 4.69) is 15.5 Å². The van der Waals surface area contributed by atoms with Gasteiger partial charge in [-0.3, -0.25) is 9.89 Å². The van der Waals surface area contributed by atoms with Crippen LogP contribution in [-0.2, 0) is 11.3 Å². The van der Waals surface area contributed by atoms with Gasteiger partial charge in [0.05, 0.1) is 25.6 Å². The Morgan fingerprint density at radius 1 is 1.18 bits per heavy atom. The van der Waals surface area contributed by atoms with Gasteiger partial charge >= 0.3 is 12.0 Å². The first kappa shape index (κ1) is 23.6. The maximum Gasteiger partial charge on any atom is 0.323 e. The number of anilines is 1. The van der Waals surface area contributed by atoms with E-state index in [1.165, 1.54) is 12.0 Å². The van der Waals surface area contributed by atoms with Crippen LogP contribution >= 0.6 is 0 Å². The molecule has 1 heterocycles. The van der Waals surface area contributed by atoms with Gasteiger partial charge in [0.15, 0.2) is 0 Å². The molecule has 0 saturated carbocycles. The van der Waals surface area contributed by atoms with Crippen LogP contribution in [0.2, 0.25) is 0 Å².